The van der Waals surface area contributed by atoms with Crippen LogP contribution in [0, 0.1) is 6.92 Å². The van der Waals surface area contributed by atoms with Crippen molar-refractivity contribution in [3.05, 3.63) is 29.8 Å². The first kappa shape index (κ1) is 15.0. The number of rotatable bonds is 4. The Morgan fingerprint density at radius 2 is 2.05 bits per heavy atom. The lowest BCUT2D eigenvalue weighted by Gasteiger charge is -2.32. The number of nitrogens with one attached hydrogen (secondary N) is 2. The second kappa shape index (κ2) is 6.86. The molecule has 1 aromatic rings. The highest BCUT2D eigenvalue weighted by molar-refractivity contribution is 5.90. The van der Waals surface area contributed by atoms with Gasteiger partial charge >= 0.3 is 0 Å². The van der Waals surface area contributed by atoms with Crippen LogP contribution in [-0.4, -0.2) is 37.7 Å². The van der Waals surface area contributed by atoms with Gasteiger partial charge in [-0.05, 0) is 38.5 Å². The summed E-state index contributed by atoms with van der Waals surface area (Å²) >= 11 is 0. The summed E-state index contributed by atoms with van der Waals surface area (Å²) in [5.74, 6) is 0.0925. The van der Waals surface area contributed by atoms with E-state index in [1.807, 2.05) is 31.2 Å². The summed E-state index contributed by atoms with van der Waals surface area (Å²) in [6.07, 6.45) is 1.13. The summed E-state index contributed by atoms with van der Waals surface area (Å²) in [6, 6.07) is 7.90. The molecule has 1 aliphatic rings. The minimum atomic E-state index is 0.0925. The number of ether oxygens (including phenoxy) is 1. The summed E-state index contributed by atoms with van der Waals surface area (Å²) in [5.41, 5.74) is 2.04. The number of amides is 1. The first-order valence-corrected chi connectivity index (χ1v) is 7.38. The molecule has 1 fully saturated rings. The van der Waals surface area contributed by atoms with Gasteiger partial charge in [0, 0.05) is 5.69 Å². The number of quaternary nitrogens is 1. The van der Waals surface area contributed by atoms with Crippen LogP contribution in [-0.2, 0) is 9.53 Å². The molecule has 1 amide bonds. The highest BCUT2D eigenvalue weighted by Gasteiger charge is 2.25. The topological polar surface area (TPSA) is 42.8 Å². The van der Waals surface area contributed by atoms with Crippen molar-refractivity contribution in [2.24, 2.45) is 0 Å². The minimum absolute atomic E-state index is 0.0925. The molecule has 4 heteroatoms. The van der Waals surface area contributed by atoms with E-state index in [1.54, 1.807) is 0 Å². The number of benzene rings is 1. The molecule has 20 heavy (non-hydrogen) atoms. The molecular weight excluding hydrogens is 252 g/mol. The van der Waals surface area contributed by atoms with Gasteiger partial charge in [-0.3, -0.25) is 4.79 Å². The van der Waals surface area contributed by atoms with Crippen LogP contribution in [0.25, 0.3) is 0 Å². The zero-order valence-corrected chi connectivity index (χ0v) is 12.6. The predicted molar refractivity (Wildman–Crippen MR) is 80.0 cm³/mol. The van der Waals surface area contributed by atoms with Gasteiger partial charge in [-0.25, -0.2) is 0 Å². The van der Waals surface area contributed by atoms with Crippen molar-refractivity contribution in [1.82, 2.24) is 0 Å². The number of carbonyl (C=O) groups is 1. The van der Waals surface area contributed by atoms with E-state index in [0.717, 1.165) is 30.9 Å². The van der Waals surface area contributed by atoms with Gasteiger partial charge in [-0.2, -0.15) is 0 Å². The number of carbonyl (C=O) groups excluding carboxylic acids is 1. The molecule has 0 spiro atoms. The summed E-state index contributed by atoms with van der Waals surface area (Å²) in [6.45, 7) is 9.07. The first-order valence-electron chi connectivity index (χ1n) is 7.38. The normalized spacial score (nSPS) is 26.2. The van der Waals surface area contributed by atoms with Crippen LogP contribution >= 0.6 is 0 Å². The maximum Gasteiger partial charge on any atom is 0.230 e. The number of aryl methyl sites for hydroxylation is 1. The molecule has 0 aromatic heterocycles. The Labute approximate surface area is 121 Å². The number of morpholine rings is 1. The fraction of sp³-hybridized carbons (Fsp3) is 0.562. The predicted octanol–water partition coefficient (Wildman–Crippen LogP) is 1.02. The Bertz CT molecular complexity index is 452. The van der Waals surface area contributed by atoms with E-state index >= 15 is 0 Å². The zero-order valence-electron chi connectivity index (χ0n) is 12.6. The Morgan fingerprint density at radius 3 is 2.70 bits per heavy atom. The lowest BCUT2D eigenvalue weighted by molar-refractivity contribution is -0.914. The van der Waals surface area contributed by atoms with E-state index in [0.29, 0.717) is 6.42 Å². The maximum absolute atomic E-state index is 12.0. The molecule has 1 aliphatic heterocycles. The van der Waals surface area contributed by atoms with E-state index in [2.05, 4.69) is 19.2 Å². The second-order valence-electron chi connectivity index (χ2n) is 5.83. The molecule has 2 N–H and O–H groups in total. The van der Waals surface area contributed by atoms with Crippen LogP contribution in [0.1, 0.15) is 25.8 Å². The SMILES string of the molecule is Cc1cccc(NC(=O)CC[NH+]2C[C@@H](C)O[C@@H](C)C2)c1. The Kier molecular flexibility index (Phi) is 5.15. The van der Waals surface area contributed by atoms with E-state index in [9.17, 15) is 4.79 Å². The molecule has 0 bridgehead atoms. The van der Waals surface area contributed by atoms with Gasteiger partial charge in [-0.15, -0.1) is 0 Å². The molecule has 3 atom stereocenters. The lowest BCUT2D eigenvalue weighted by atomic mass is 10.2. The summed E-state index contributed by atoms with van der Waals surface area (Å²) in [7, 11) is 0. The molecule has 110 valence electrons. The van der Waals surface area contributed by atoms with Crippen LogP contribution in [0.4, 0.5) is 5.69 Å². The van der Waals surface area contributed by atoms with E-state index in [-0.39, 0.29) is 18.1 Å². The van der Waals surface area contributed by atoms with Crippen LogP contribution in [0.5, 0.6) is 0 Å². The van der Waals surface area contributed by atoms with Crippen molar-refractivity contribution in [2.75, 3.05) is 25.0 Å². The third-order valence-electron chi connectivity index (χ3n) is 3.62. The quantitative estimate of drug-likeness (QED) is 0.863. The Balaban J connectivity index is 1.77. The molecule has 0 radical (unpaired) electrons. The van der Waals surface area contributed by atoms with Crippen molar-refractivity contribution in [3.8, 4) is 0 Å². The largest absolute Gasteiger partial charge is 0.364 e. The average molecular weight is 277 g/mol. The highest BCUT2D eigenvalue weighted by atomic mass is 16.5. The van der Waals surface area contributed by atoms with Gasteiger partial charge in [0.2, 0.25) is 5.91 Å². The average Bonchev–Trinajstić information content (AvgIpc) is 2.35. The van der Waals surface area contributed by atoms with E-state index < -0.39 is 0 Å². The van der Waals surface area contributed by atoms with Crippen molar-refractivity contribution in [2.45, 2.75) is 39.4 Å². The molecule has 1 unspecified atom stereocenters. The van der Waals surface area contributed by atoms with Crippen molar-refractivity contribution < 1.29 is 14.4 Å². The molecule has 4 nitrogen and oxygen atoms in total. The van der Waals surface area contributed by atoms with Crippen LogP contribution in [0.15, 0.2) is 24.3 Å². The summed E-state index contributed by atoms with van der Waals surface area (Å²) in [5, 5.41) is 2.96. The highest BCUT2D eigenvalue weighted by Crippen LogP contribution is 2.09. The fourth-order valence-corrected chi connectivity index (χ4v) is 2.83. The maximum atomic E-state index is 12.0. The van der Waals surface area contributed by atoms with Gasteiger partial charge < -0.3 is 15.0 Å². The second-order valence-corrected chi connectivity index (χ2v) is 5.83. The van der Waals surface area contributed by atoms with Gasteiger partial charge in [0.15, 0.2) is 0 Å². The van der Waals surface area contributed by atoms with E-state index in [1.165, 1.54) is 4.90 Å². The summed E-state index contributed by atoms with van der Waals surface area (Å²) < 4.78 is 5.71. The monoisotopic (exact) mass is 277 g/mol. The molecule has 1 aromatic carbocycles. The van der Waals surface area contributed by atoms with Gasteiger partial charge in [0.25, 0.3) is 0 Å². The van der Waals surface area contributed by atoms with Gasteiger partial charge in [-0.1, -0.05) is 12.1 Å². The van der Waals surface area contributed by atoms with Crippen LogP contribution < -0.4 is 10.2 Å². The number of hydrogen-bond donors (Lipinski definition) is 2. The molecule has 0 aliphatic carbocycles. The Hall–Kier alpha value is -1.39. The number of hydrogen-bond acceptors (Lipinski definition) is 2. The standard InChI is InChI=1S/C16H24N2O2/c1-12-5-4-6-15(9-12)17-16(19)7-8-18-10-13(2)20-14(3)11-18/h4-6,9,13-14H,7-8,10-11H2,1-3H3,(H,17,19)/p+1/t13-,14+. The first-order chi connectivity index (χ1) is 9.52. The fourth-order valence-electron chi connectivity index (χ4n) is 2.83. The molecule has 0 saturated carbocycles. The van der Waals surface area contributed by atoms with Gasteiger partial charge in [0.1, 0.15) is 25.3 Å². The van der Waals surface area contributed by atoms with E-state index in [4.69, 9.17) is 4.74 Å². The van der Waals surface area contributed by atoms with Crippen LogP contribution in [0.2, 0.25) is 0 Å². The molecule has 1 heterocycles. The third kappa shape index (κ3) is 4.62. The number of anilines is 1. The van der Waals surface area contributed by atoms with Crippen LogP contribution in [0.3, 0.4) is 0 Å². The molecular formula is C16H25N2O2+. The van der Waals surface area contributed by atoms with Gasteiger partial charge in [0.05, 0.1) is 13.0 Å². The summed E-state index contributed by atoms with van der Waals surface area (Å²) in [4.78, 5) is 13.4. The molecule has 2 rings (SSSR count). The smallest absolute Gasteiger partial charge is 0.230 e. The minimum Gasteiger partial charge on any atom is -0.364 e. The van der Waals surface area contributed by atoms with Crippen molar-refractivity contribution in [3.63, 3.8) is 0 Å². The van der Waals surface area contributed by atoms with Crippen molar-refractivity contribution in [1.29, 1.82) is 0 Å². The Morgan fingerprint density at radius 1 is 1.35 bits per heavy atom. The lowest BCUT2D eigenvalue weighted by Crippen LogP contribution is -3.15. The molecule has 1 saturated heterocycles. The zero-order chi connectivity index (χ0) is 14.5. The van der Waals surface area contributed by atoms with Crippen molar-refractivity contribution >= 4 is 11.6 Å². The third-order valence-corrected chi connectivity index (χ3v) is 3.62.